The third kappa shape index (κ3) is 7.66. The van der Waals surface area contributed by atoms with Crippen molar-refractivity contribution in [3.63, 3.8) is 0 Å². The molecule has 4 heterocycles. The van der Waals surface area contributed by atoms with Gasteiger partial charge in [-0.25, -0.2) is 0 Å². The first kappa shape index (κ1) is 47.8. The Morgan fingerprint density at radius 3 is 1.77 bits per heavy atom. The Morgan fingerprint density at radius 2 is 1.09 bits per heavy atom. The summed E-state index contributed by atoms with van der Waals surface area (Å²) in [5.74, 6) is 0. The van der Waals surface area contributed by atoms with Crippen LogP contribution in [0.5, 0.6) is 0 Å². The van der Waals surface area contributed by atoms with Gasteiger partial charge < -0.3 is 14.6 Å². The van der Waals surface area contributed by atoms with E-state index in [1.165, 1.54) is 137 Å². The second kappa shape index (κ2) is 19.1. The zero-order valence-corrected chi connectivity index (χ0v) is 45.8. The number of aryl methyl sites for hydroxylation is 2. The Labute approximate surface area is 460 Å². The van der Waals surface area contributed by atoms with Gasteiger partial charge in [0.1, 0.15) is 0 Å². The number of nitrogens with zero attached hydrogens (tertiary/aromatic N) is 3. The maximum atomic E-state index is 3.03. The van der Waals surface area contributed by atoms with Crippen LogP contribution in [-0.2, 0) is 18.3 Å². The third-order valence-corrected chi connectivity index (χ3v) is 19.5. The molecule has 5 heteroatoms. The lowest BCUT2D eigenvalue weighted by atomic mass is 9.42. The molecule has 9 aromatic carbocycles. The van der Waals surface area contributed by atoms with Crippen LogP contribution in [0.4, 0.5) is 39.1 Å². The number of fused-ring (bicyclic) bond motifs is 9. The minimum Gasteiger partial charge on any atom is -0.400 e. The van der Waals surface area contributed by atoms with E-state index >= 15 is 0 Å². The van der Waals surface area contributed by atoms with Gasteiger partial charge in [0.2, 0.25) is 0 Å². The highest BCUT2D eigenvalue weighted by atomic mass is 32.1. The molecule has 0 radical (unpaired) electrons. The monoisotopic (exact) mass is 1020 g/mol. The number of unbranched alkanes of at least 4 members (excludes halogenated alkanes) is 2. The highest BCUT2D eigenvalue weighted by Crippen LogP contribution is 2.64. The first-order valence-corrected chi connectivity index (χ1v) is 29.4. The van der Waals surface area contributed by atoms with Gasteiger partial charge in [-0.05, 0) is 172 Å². The van der Waals surface area contributed by atoms with E-state index in [4.69, 9.17) is 0 Å². The topological polar surface area (TPSA) is 9.72 Å². The Bertz CT molecular complexity index is 3780. The number of rotatable bonds is 13. The largest absolute Gasteiger partial charge is 0.400 e. The highest BCUT2D eigenvalue weighted by Gasteiger charge is 2.63. The van der Waals surface area contributed by atoms with Gasteiger partial charge >= 0.3 is 6.85 Å². The van der Waals surface area contributed by atoms with Crippen molar-refractivity contribution in [3.8, 4) is 44.5 Å². The van der Waals surface area contributed by atoms with Crippen molar-refractivity contribution < 1.29 is 0 Å². The van der Waals surface area contributed by atoms with Crippen LogP contribution in [0.25, 0.3) is 54.6 Å². The maximum absolute atomic E-state index is 3.03. The SMILES string of the molecule is CCCCc1ccc(N2c3cc(N(c4cccc(-c5ccccc5)c4)c4cccc(-c5ccccc5)c4)cc4c3B(c3c2sc2ccccc32)N2c3c-4cc(CCCC)cc3C3(C)CCCCC23C)c(-c2ccccc2)c1. The van der Waals surface area contributed by atoms with E-state index in [0.29, 0.717) is 0 Å². The summed E-state index contributed by atoms with van der Waals surface area (Å²) in [7, 11) is 0. The van der Waals surface area contributed by atoms with Gasteiger partial charge in [0.05, 0.1) is 10.7 Å². The molecule has 2 atom stereocenters. The van der Waals surface area contributed by atoms with Gasteiger partial charge in [0.15, 0.2) is 0 Å². The fourth-order valence-corrected chi connectivity index (χ4v) is 15.5. The van der Waals surface area contributed by atoms with Crippen LogP contribution in [0, 0.1) is 0 Å². The van der Waals surface area contributed by atoms with E-state index < -0.39 is 0 Å². The molecule has 378 valence electrons. The Morgan fingerprint density at radius 1 is 0.494 bits per heavy atom. The van der Waals surface area contributed by atoms with E-state index in [1.807, 2.05) is 11.3 Å². The first-order valence-electron chi connectivity index (χ1n) is 28.6. The van der Waals surface area contributed by atoms with Crippen LogP contribution in [0.15, 0.2) is 206 Å². The number of benzene rings is 9. The van der Waals surface area contributed by atoms with Crippen molar-refractivity contribution in [1.82, 2.24) is 0 Å². The van der Waals surface area contributed by atoms with Crippen LogP contribution in [-0.4, -0.2) is 12.4 Å². The van der Waals surface area contributed by atoms with Gasteiger partial charge in [0.25, 0.3) is 0 Å². The summed E-state index contributed by atoms with van der Waals surface area (Å²) < 4.78 is 1.34. The number of thiophene rings is 1. The zero-order chi connectivity index (χ0) is 51.8. The fraction of sp³-hybridized carbons (Fsp3) is 0.222. The lowest BCUT2D eigenvalue weighted by molar-refractivity contribution is 0.199. The number of anilines is 7. The smallest absolute Gasteiger partial charge is 0.330 e. The molecule has 0 bridgehead atoms. The molecule has 3 nitrogen and oxygen atoms in total. The van der Waals surface area contributed by atoms with Gasteiger partial charge in [0, 0.05) is 55.2 Å². The molecule has 0 spiro atoms. The van der Waals surface area contributed by atoms with Crippen LogP contribution >= 0.6 is 11.3 Å². The van der Waals surface area contributed by atoms with Crippen molar-refractivity contribution in [3.05, 3.63) is 223 Å². The van der Waals surface area contributed by atoms with E-state index in [1.54, 1.807) is 5.56 Å². The average molecular weight is 1020 g/mol. The summed E-state index contributed by atoms with van der Waals surface area (Å²) in [6.07, 6.45) is 11.7. The molecule has 1 aromatic heterocycles. The normalized spacial score (nSPS) is 17.7. The molecule has 1 saturated carbocycles. The molecule has 0 saturated heterocycles. The molecular weight excluding hydrogens is 950 g/mol. The van der Waals surface area contributed by atoms with E-state index in [0.717, 1.165) is 42.7 Å². The predicted octanol–water partition coefficient (Wildman–Crippen LogP) is 19.0. The summed E-state index contributed by atoms with van der Waals surface area (Å²) in [5, 5.41) is 2.70. The van der Waals surface area contributed by atoms with Crippen LogP contribution in [0.2, 0.25) is 0 Å². The second-order valence-electron chi connectivity index (χ2n) is 22.8. The number of hydrogen-bond acceptors (Lipinski definition) is 4. The van der Waals surface area contributed by atoms with E-state index in [9.17, 15) is 0 Å². The summed E-state index contributed by atoms with van der Waals surface area (Å²) >= 11 is 1.98. The molecule has 0 N–H and O–H groups in total. The first-order chi connectivity index (χ1) is 37.8. The molecule has 1 fully saturated rings. The van der Waals surface area contributed by atoms with Crippen LogP contribution in [0.1, 0.15) is 95.8 Å². The predicted molar refractivity (Wildman–Crippen MR) is 332 cm³/mol. The van der Waals surface area contributed by atoms with Gasteiger partial charge in [-0.1, -0.05) is 192 Å². The van der Waals surface area contributed by atoms with E-state index in [2.05, 4.69) is 249 Å². The minimum atomic E-state index is -0.0928. The summed E-state index contributed by atoms with van der Waals surface area (Å²) in [5.41, 5.74) is 24.7. The molecule has 0 amide bonds. The van der Waals surface area contributed by atoms with Gasteiger partial charge in [-0.3, -0.25) is 0 Å². The summed E-state index contributed by atoms with van der Waals surface area (Å²) in [4.78, 5) is 8.32. The maximum Gasteiger partial charge on any atom is 0.330 e. The molecule has 3 aliphatic heterocycles. The fourth-order valence-electron chi connectivity index (χ4n) is 14.3. The van der Waals surface area contributed by atoms with Gasteiger partial charge in [-0.15, -0.1) is 11.3 Å². The summed E-state index contributed by atoms with van der Waals surface area (Å²) in [6.45, 7) is 9.96. The Kier molecular flexibility index (Phi) is 11.9. The Balaban J connectivity index is 1.12. The van der Waals surface area contributed by atoms with Gasteiger partial charge in [-0.2, -0.15) is 0 Å². The minimum absolute atomic E-state index is 0.00869. The second-order valence-corrected chi connectivity index (χ2v) is 23.8. The van der Waals surface area contributed by atoms with Crippen LogP contribution in [0.3, 0.4) is 0 Å². The van der Waals surface area contributed by atoms with Crippen molar-refractivity contribution in [1.29, 1.82) is 0 Å². The number of hydrogen-bond donors (Lipinski definition) is 0. The molecule has 77 heavy (non-hydrogen) atoms. The molecule has 2 unspecified atom stereocenters. The van der Waals surface area contributed by atoms with Crippen molar-refractivity contribution in [2.24, 2.45) is 0 Å². The lowest BCUT2D eigenvalue weighted by Gasteiger charge is -2.55. The molecular formula is C72H66BN3S. The highest BCUT2D eigenvalue weighted by molar-refractivity contribution is 7.26. The van der Waals surface area contributed by atoms with Crippen molar-refractivity contribution in [2.45, 2.75) is 103 Å². The quantitative estimate of drug-likeness (QED) is 0.107. The third-order valence-electron chi connectivity index (χ3n) is 18.3. The van der Waals surface area contributed by atoms with Crippen molar-refractivity contribution in [2.75, 3.05) is 14.6 Å². The van der Waals surface area contributed by atoms with Crippen molar-refractivity contribution >= 4 is 78.3 Å². The van der Waals surface area contributed by atoms with E-state index in [-0.39, 0.29) is 17.8 Å². The molecule has 4 aliphatic rings. The standard InChI is InChI=1S/C72H66BN3S/c1-5-7-24-49-38-39-64(60(42-49)53-30-16-11-17-31-53)75-65-48-58(74(56-34-22-32-54(45-56)51-26-12-9-13-27-51)57-35-23-33-55(46-57)52-28-14-10-15-29-52)47-61-62-43-50(25-8-6-2)44-63-69(62)76(72(4)41-21-20-40-71(63,72)3)73(67(61)65)68-59-36-18-19-37-66(59)77-70(68)75/h9-19,22-23,26-39,42-48H,5-8,20-21,24-25,40-41H2,1-4H3. The lowest BCUT2D eigenvalue weighted by Crippen LogP contribution is -2.70. The van der Waals surface area contributed by atoms with Crippen LogP contribution < -0.4 is 25.5 Å². The zero-order valence-electron chi connectivity index (χ0n) is 45.0. The summed E-state index contributed by atoms with van der Waals surface area (Å²) in [6, 6.07) is 78.7. The Hall–Kier alpha value is -7.60. The molecule has 10 aromatic rings. The molecule has 14 rings (SSSR count). The molecule has 1 aliphatic carbocycles. The average Bonchev–Trinajstić information content (AvgIpc) is 4.03.